The van der Waals surface area contributed by atoms with Crippen LogP contribution < -0.4 is 0 Å². The molecule has 0 spiro atoms. The molecule has 0 saturated heterocycles. The predicted molar refractivity (Wildman–Crippen MR) is 114 cm³/mol. The van der Waals surface area contributed by atoms with Crippen LogP contribution in [0, 0.1) is 0 Å². The topological polar surface area (TPSA) is 39.1 Å². The summed E-state index contributed by atoms with van der Waals surface area (Å²) in [6.45, 7) is 0.849. The van der Waals surface area contributed by atoms with Gasteiger partial charge in [-0.1, -0.05) is 67.1 Å². The first-order chi connectivity index (χ1) is 13.8. The van der Waals surface area contributed by atoms with Crippen molar-refractivity contribution in [2.24, 2.45) is 0 Å². The number of fused-ring (bicyclic) bond motifs is 2. The molecule has 1 heterocycles. The molecule has 140 valence electrons. The average molecular weight is 369 g/mol. The summed E-state index contributed by atoms with van der Waals surface area (Å²) < 4.78 is 2.18. The third-order valence-electron chi connectivity index (χ3n) is 5.29. The number of aldehydes is 1. The van der Waals surface area contributed by atoms with E-state index in [2.05, 4.69) is 10.6 Å². The number of ketones is 1. The monoisotopic (exact) mass is 369 g/mol. The zero-order chi connectivity index (χ0) is 19.3. The largest absolute Gasteiger partial charge is 0.347 e. The Morgan fingerprint density at radius 1 is 0.786 bits per heavy atom. The molecule has 3 nitrogen and oxygen atoms in total. The molecular formula is C25H23NO2. The summed E-state index contributed by atoms with van der Waals surface area (Å²) in [7, 11) is 0. The van der Waals surface area contributed by atoms with Gasteiger partial charge in [-0.3, -0.25) is 4.79 Å². The molecule has 0 amide bonds. The molecule has 0 aliphatic rings. The number of carbonyl (C=O) groups is 2. The van der Waals surface area contributed by atoms with Crippen LogP contribution in [0.3, 0.4) is 0 Å². The van der Waals surface area contributed by atoms with Gasteiger partial charge in [0, 0.05) is 41.2 Å². The molecule has 0 unspecified atom stereocenters. The molecule has 3 heteroatoms. The van der Waals surface area contributed by atoms with Crippen molar-refractivity contribution in [1.82, 2.24) is 4.57 Å². The van der Waals surface area contributed by atoms with E-state index in [1.165, 1.54) is 0 Å². The molecule has 0 radical (unpaired) electrons. The maximum atomic E-state index is 13.5. The number of rotatable bonds is 8. The van der Waals surface area contributed by atoms with Gasteiger partial charge in [0.15, 0.2) is 5.78 Å². The highest BCUT2D eigenvalue weighted by atomic mass is 16.1. The maximum Gasteiger partial charge on any atom is 0.195 e. The van der Waals surface area contributed by atoms with Gasteiger partial charge in [0.25, 0.3) is 0 Å². The molecule has 0 bridgehead atoms. The minimum atomic E-state index is 0.0627. The molecule has 0 N–H and O–H groups in total. The summed E-state index contributed by atoms with van der Waals surface area (Å²) >= 11 is 0. The number of nitrogens with zero attached hydrogens (tertiary/aromatic N) is 1. The Bertz CT molecular complexity index is 1130. The zero-order valence-electron chi connectivity index (χ0n) is 15.8. The van der Waals surface area contributed by atoms with Crippen LogP contribution in [-0.4, -0.2) is 16.6 Å². The highest BCUT2D eigenvalue weighted by molar-refractivity contribution is 6.21. The van der Waals surface area contributed by atoms with Crippen molar-refractivity contribution in [1.29, 1.82) is 0 Å². The van der Waals surface area contributed by atoms with Gasteiger partial charge in [-0.15, -0.1) is 0 Å². The lowest BCUT2D eigenvalue weighted by molar-refractivity contribution is -0.107. The van der Waals surface area contributed by atoms with E-state index in [-0.39, 0.29) is 5.78 Å². The van der Waals surface area contributed by atoms with Crippen molar-refractivity contribution in [2.75, 3.05) is 0 Å². The van der Waals surface area contributed by atoms with Crippen molar-refractivity contribution in [2.45, 2.75) is 32.2 Å². The number of carbonyl (C=O) groups excluding carboxylic acids is 2. The van der Waals surface area contributed by atoms with E-state index in [4.69, 9.17) is 0 Å². The van der Waals surface area contributed by atoms with Gasteiger partial charge in [-0.05, 0) is 29.7 Å². The summed E-state index contributed by atoms with van der Waals surface area (Å²) in [6.07, 6.45) is 6.52. The SMILES string of the molecule is O=CCCCCCn1cc(C(=O)c2cccc3ccccc23)c2ccccc21. The van der Waals surface area contributed by atoms with E-state index in [1.807, 2.05) is 66.9 Å². The second-order valence-corrected chi connectivity index (χ2v) is 7.13. The first-order valence-corrected chi connectivity index (χ1v) is 9.83. The fraction of sp³-hybridized carbons (Fsp3) is 0.200. The highest BCUT2D eigenvalue weighted by Crippen LogP contribution is 2.27. The average Bonchev–Trinajstić information content (AvgIpc) is 3.11. The molecule has 0 atom stereocenters. The van der Waals surface area contributed by atoms with Gasteiger partial charge >= 0.3 is 0 Å². The molecule has 4 aromatic rings. The zero-order valence-corrected chi connectivity index (χ0v) is 15.8. The van der Waals surface area contributed by atoms with Crippen molar-refractivity contribution >= 4 is 33.7 Å². The van der Waals surface area contributed by atoms with E-state index in [1.54, 1.807) is 0 Å². The van der Waals surface area contributed by atoms with Crippen LogP contribution >= 0.6 is 0 Å². The van der Waals surface area contributed by atoms with E-state index in [9.17, 15) is 9.59 Å². The number of hydrogen-bond acceptors (Lipinski definition) is 2. The Labute approximate surface area is 164 Å². The Morgan fingerprint density at radius 3 is 2.39 bits per heavy atom. The van der Waals surface area contributed by atoms with Crippen LogP contribution in [0.2, 0.25) is 0 Å². The van der Waals surface area contributed by atoms with Crippen molar-refractivity contribution in [3.8, 4) is 0 Å². The quantitative estimate of drug-likeness (QED) is 0.224. The molecule has 28 heavy (non-hydrogen) atoms. The Hall–Kier alpha value is -3.20. The third kappa shape index (κ3) is 3.48. The van der Waals surface area contributed by atoms with Gasteiger partial charge < -0.3 is 9.36 Å². The van der Waals surface area contributed by atoms with Gasteiger partial charge in [0.1, 0.15) is 6.29 Å². The smallest absolute Gasteiger partial charge is 0.195 e. The van der Waals surface area contributed by atoms with Gasteiger partial charge in [0.05, 0.1) is 0 Å². The van der Waals surface area contributed by atoms with Crippen LogP contribution in [0.1, 0.15) is 41.6 Å². The van der Waals surface area contributed by atoms with Gasteiger partial charge in [-0.2, -0.15) is 0 Å². The van der Waals surface area contributed by atoms with Gasteiger partial charge in [0.2, 0.25) is 0 Å². The van der Waals surface area contributed by atoms with Crippen LogP contribution in [0.25, 0.3) is 21.7 Å². The number of benzene rings is 3. The lowest BCUT2D eigenvalue weighted by Crippen LogP contribution is -2.02. The number of aryl methyl sites for hydroxylation is 1. The molecule has 0 aliphatic heterocycles. The summed E-state index contributed by atoms with van der Waals surface area (Å²) in [6, 6.07) is 22.0. The standard InChI is InChI=1S/C25H23NO2/c27-17-8-2-1-7-16-26-18-23(21-13-5-6-15-24(21)26)25(28)22-14-9-11-19-10-3-4-12-20(19)22/h3-6,9-15,17-18H,1-2,7-8,16H2. The summed E-state index contributed by atoms with van der Waals surface area (Å²) in [5, 5.41) is 3.06. The van der Waals surface area contributed by atoms with E-state index in [0.717, 1.165) is 64.9 Å². The first kappa shape index (κ1) is 18.2. The molecule has 0 fully saturated rings. The normalized spacial score (nSPS) is 11.1. The molecule has 1 aromatic heterocycles. The van der Waals surface area contributed by atoms with Crippen LogP contribution in [-0.2, 0) is 11.3 Å². The fourth-order valence-corrected chi connectivity index (χ4v) is 3.87. The maximum absolute atomic E-state index is 13.5. The second kappa shape index (κ2) is 8.22. The lowest BCUT2D eigenvalue weighted by atomic mass is 9.97. The first-order valence-electron chi connectivity index (χ1n) is 9.83. The van der Waals surface area contributed by atoms with E-state index < -0.39 is 0 Å². The molecule has 4 rings (SSSR count). The highest BCUT2D eigenvalue weighted by Gasteiger charge is 2.18. The number of aromatic nitrogens is 1. The van der Waals surface area contributed by atoms with Crippen LogP contribution in [0.15, 0.2) is 72.9 Å². The van der Waals surface area contributed by atoms with Gasteiger partial charge in [-0.25, -0.2) is 0 Å². The Balaban J connectivity index is 1.70. The Kier molecular flexibility index (Phi) is 5.34. The van der Waals surface area contributed by atoms with E-state index >= 15 is 0 Å². The number of hydrogen-bond donors (Lipinski definition) is 0. The van der Waals surface area contributed by atoms with Crippen LogP contribution in [0.4, 0.5) is 0 Å². The number of para-hydroxylation sites is 1. The number of unbranched alkanes of at least 4 members (excludes halogenated alkanes) is 3. The van der Waals surface area contributed by atoms with Crippen LogP contribution in [0.5, 0.6) is 0 Å². The minimum Gasteiger partial charge on any atom is -0.347 e. The predicted octanol–water partition coefficient (Wildman–Crippen LogP) is 5.78. The molecule has 0 aliphatic carbocycles. The summed E-state index contributed by atoms with van der Waals surface area (Å²) in [5.41, 5.74) is 2.58. The van der Waals surface area contributed by atoms with Crippen molar-refractivity contribution < 1.29 is 9.59 Å². The molecule has 0 saturated carbocycles. The van der Waals surface area contributed by atoms with E-state index in [0.29, 0.717) is 6.42 Å². The van der Waals surface area contributed by atoms with Crippen molar-refractivity contribution in [3.63, 3.8) is 0 Å². The molecule has 3 aromatic carbocycles. The minimum absolute atomic E-state index is 0.0627. The molecular weight excluding hydrogens is 346 g/mol. The fourth-order valence-electron chi connectivity index (χ4n) is 3.87. The third-order valence-corrected chi connectivity index (χ3v) is 5.29. The second-order valence-electron chi connectivity index (χ2n) is 7.13. The summed E-state index contributed by atoms with van der Waals surface area (Å²) in [4.78, 5) is 23.9. The summed E-state index contributed by atoms with van der Waals surface area (Å²) in [5.74, 6) is 0.0627. The Morgan fingerprint density at radius 2 is 1.54 bits per heavy atom. The lowest BCUT2D eigenvalue weighted by Gasteiger charge is -2.05. The van der Waals surface area contributed by atoms with Crippen molar-refractivity contribution in [3.05, 3.63) is 84.1 Å².